The molecule has 3 N–H and O–H groups in total. The quantitative estimate of drug-likeness (QED) is 0.307. The number of hydrogen-bond donors (Lipinski definition) is 3. The average Bonchev–Trinajstić information content (AvgIpc) is 3.37. The summed E-state index contributed by atoms with van der Waals surface area (Å²) in [6.45, 7) is 1.74. The van der Waals surface area contributed by atoms with Crippen molar-refractivity contribution in [1.82, 2.24) is 4.57 Å². The monoisotopic (exact) mass is 494 g/mol. The summed E-state index contributed by atoms with van der Waals surface area (Å²) < 4.78 is 1.82. The Labute approximate surface area is 216 Å². The largest absolute Gasteiger partial charge is 0.393 e. The van der Waals surface area contributed by atoms with E-state index in [4.69, 9.17) is 0 Å². The first kappa shape index (κ1) is 24.3. The molecule has 3 aromatic carbocycles. The molecule has 1 fully saturated rings. The first-order valence-corrected chi connectivity index (χ1v) is 12.4. The molecule has 0 bridgehead atoms. The topological polar surface area (TPSA) is 86.6 Å². The number of benzene rings is 3. The molecule has 1 amide bonds. The Balaban J connectivity index is 1.17. The fourth-order valence-corrected chi connectivity index (χ4v) is 4.46. The van der Waals surface area contributed by atoms with E-state index in [0.29, 0.717) is 22.4 Å². The maximum Gasteiger partial charge on any atom is 0.257 e. The lowest BCUT2D eigenvalue weighted by Crippen LogP contribution is -2.35. The summed E-state index contributed by atoms with van der Waals surface area (Å²) in [6.07, 6.45) is 5.00. The van der Waals surface area contributed by atoms with Crippen molar-refractivity contribution in [3.05, 3.63) is 108 Å². The molecule has 7 nitrogen and oxygen atoms in total. The van der Waals surface area contributed by atoms with Gasteiger partial charge in [0.1, 0.15) is 0 Å². The Bertz CT molecular complexity index is 1370. The lowest BCUT2D eigenvalue weighted by molar-refractivity contribution is 0.102. The van der Waals surface area contributed by atoms with Gasteiger partial charge in [0.05, 0.1) is 11.7 Å². The molecule has 5 rings (SSSR count). The summed E-state index contributed by atoms with van der Waals surface area (Å²) in [7, 11) is 1.86. The van der Waals surface area contributed by atoms with Crippen LogP contribution in [0.1, 0.15) is 39.1 Å². The van der Waals surface area contributed by atoms with Crippen LogP contribution in [0.2, 0.25) is 0 Å². The molecule has 0 aliphatic carbocycles. The molecular formula is C30H30N4O3. The molecule has 0 unspecified atom stereocenters. The lowest BCUT2D eigenvalue weighted by atomic mass is 10.0. The standard InChI is InChI=1S/C30H30N4O3/c1-33-17-14-23(20-33)30(37)32-26-8-4-22(5-9-26)29(36)21-2-6-24(7-3-21)31-25-10-12-27(13-11-25)34-18-15-28(35)16-19-34/h2-14,17,20,28,31,35H,15-16,18-19H2,1H3,(H,32,37). The third-order valence-electron chi connectivity index (χ3n) is 6.63. The maximum absolute atomic E-state index is 13.0. The summed E-state index contributed by atoms with van der Waals surface area (Å²) in [5.41, 5.74) is 5.37. The highest BCUT2D eigenvalue weighted by Crippen LogP contribution is 2.24. The molecule has 4 aromatic rings. The van der Waals surface area contributed by atoms with Gasteiger partial charge in [-0.25, -0.2) is 0 Å². The van der Waals surface area contributed by atoms with E-state index < -0.39 is 0 Å². The van der Waals surface area contributed by atoms with Gasteiger partial charge in [0, 0.05) is 66.4 Å². The molecule has 37 heavy (non-hydrogen) atoms. The number of rotatable bonds is 7. The fraction of sp³-hybridized carbons (Fsp3) is 0.200. The number of ketones is 1. The molecule has 1 aromatic heterocycles. The molecule has 1 aliphatic rings. The second kappa shape index (κ2) is 10.7. The number of hydrogen-bond acceptors (Lipinski definition) is 5. The average molecular weight is 495 g/mol. The maximum atomic E-state index is 13.0. The Hall–Kier alpha value is -4.36. The van der Waals surface area contributed by atoms with Crippen molar-refractivity contribution in [2.24, 2.45) is 7.05 Å². The SMILES string of the molecule is Cn1ccc(C(=O)Nc2ccc(C(=O)c3ccc(Nc4ccc(N5CCC(O)CC5)cc4)cc3)cc2)c1. The predicted octanol–water partition coefficient (Wildman–Crippen LogP) is 5.21. The van der Waals surface area contributed by atoms with Crippen molar-refractivity contribution in [2.75, 3.05) is 28.6 Å². The molecule has 1 aliphatic heterocycles. The number of aromatic nitrogens is 1. The molecule has 0 saturated carbocycles. The van der Waals surface area contributed by atoms with Crippen LogP contribution in [-0.4, -0.2) is 40.6 Å². The molecule has 1 saturated heterocycles. The molecular weight excluding hydrogens is 464 g/mol. The van der Waals surface area contributed by atoms with Crippen molar-refractivity contribution in [1.29, 1.82) is 0 Å². The summed E-state index contributed by atoms with van der Waals surface area (Å²) >= 11 is 0. The number of nitrogens with zero attached hydrogens (tertiary/aromatic N) is 2. The molecule has 0 spiro atoms. The molecule has 188 valence electrons. The van der Waals surface area contributed by atoms with Crippen LogP contribution >= 0.6 is 0 Å². The number of aryl methyl sites for hydroxylation is 1. The minimum atomic E-state index is -0.191. The number of aliphatic hydroxyl groups excluding tert-OH is 1. The van der Waals surface area contributed by atoms with Crippen LogP contribution in [0, 0.1) is 0 Å². The van der Waals surface area contributed by atoms with E-state index in [1.54, 1.807) is 36.5 Å². The van der Waals surface area contributed by atoms with Crippen LogP contribution < -0.4 is 15.5 Å². The number of anilines is 4. The molecule has 2 heterocycles. The highest BCUT2D eigenvalue weighted by atomic mass is 16.3. The number of carbonyl (C=O) groups is 2. The lowest BCUT2D eigenvalue weighted by Gasteiger charge is -2.31. The Morgan fingerprint density at radius 3 is 1.84 bits per heavy atom. The van der Waals surface area contributed by atoms with Crippen molar-refractivity contribution in [2.45, 2.75) is 18.9 Å². The minimum Gasteiger partial charge on any atom is -0.393 e. The van der Waals surface area contributed by atoms with Gasteiger partial charge in [-0.3, -0.25) is 9.59 Å². The van der Waals surface area contributed by atoms with Gasteiger partial charge in [0.25, 0.3) is 5.91 Å². The van der Waals surface area contributed by atoms with Crippen LogP contribution in [-0.2, 0) is 7.05 Å². The zero-order chi connectivity index (χ0) is 25.8. The number of carbonyl (C=O) groups excluding carboxylic acids is 2. The van der Waals surface area contributed by atoms with E-state index in [2.05, 4.69) is 27.7 Å². The highest BCUT2D eigenvalue weighted by Gasteiger charge is 2.17. The number of aliphatic hydroxyl groups is 1. The second-order valence-corrected chi connectivity index (χ2v) is 9.39. The van der Waals surface area contributed by atoms with E-state index in [1.807, 2.05) is 54.2 Å². The van der Waals surface area contributed by atoms with E-state index in [1.165, 1.54) is 0 Å². The normalized spacial score (nSPS) is 13.8. The number of piperidine rings is 1. The van der Waals surface area contributed by atoms with Crippen LogP contribution in [0.25, 0.3) is 0 Å². The Morgan fingerprint density at radius 1 is 0.757 bits per heavy atom. The van der Waals surface area contributed by atoms with Gasteiger partial charge in [-0.1, -0.05) is 0 Å². The minimum absolute atomic E-state index is 0.0801. The zero-order valence-corrected chi connectivity index (χ0v) is 20.7. The van der Waals surface area contributed by atoms with Gasteiger partial charge in [-0.05, 0) is 91.7 Å². The fourth-order valence-electron chi connectivity index (χ4n) is 4.46. The second-order valence-electron chi connectivity index (χ2n) is 9.39. The molecule has 7 heteroatoms. The van der Waals surface area contributed by atoms with Gasteiger partial charge in [0.2, 0.25) is 0 Å². The van der Waals surface area contributed by atoms with Crippen molar-refractivity contribution in [3.8, 4) is 0 Å². The van der Waals surface area contributed by atoms with Crippen LogP contribution in [0.15, 0.2) is 91.3 Å². The van der Waals surface area contributed by atoms with Gasteiger partial charge in [-0.2, -0.15) is 0 Å². The summed E-state index contributed by atoms with van der Waals surface area (Å²) in [5, 5.41) is 15.9. The summed E-state index contributed by atoms with van der Waals surface area (Å²) in [5.74, 6) is -0.271. The van der Waals surface area contributed by atoms with Crippen molar-refractivity contribution >= 4 is 34.4 Å². The van der Waals surface area contributed by atoms with Gasteiger partial charge in [0.15, 0.2) is 5.78 Å². The van der Waals surface area contributed by atoms with Gasteiger partial charge < -0.3 is 25.2 Å². The van der Waals surface area contributed by atoms with Crippen LogP contribution in [0.3, 0.4) is 0 Å². The Kier molecular flexibility index (Phi) is 7.05. The number of amides is 1. The zero-order valence-electron chi connectivity index (χ0n) is 20.7. The van der Waals surface area contributed by atoms with Crippen molar-refractivity contribution < 1.29 is 14.7 Å². The van der Waals surface area contributed by atoms with Crippen LogP contribution in [0.5, 0.6) is 0 Å². The van der Waals surface area contributed by atoms with Gasteiger partial charge in [-0.15, -0.1) is 0 Å². The molecule has 0 atom stereocenters. The first-order chi connectivity index (χ1) is 17.9. The summed E-state index contributed by atoms with van der Waals surface area (Å²) in [6, 6.07) is 24.3. The Morgan fingerprint density at radius 2 is 1.30 bits per heavy atom. The van der Waals surface area contributed by atoms with E-state index in [-0.39, 0.29) is 17.8 Å². The van der Waals surface area contributed by atoms with Gasteiger partial charge >= 0.3 is 0 Å². The first-order valence-electron chi connectivity index (χ1n) is 12.4. The number of nitrogens with one attached hydrogen (secondary N) is 2. The third-order valence-corrected chi connectivity index (χ3v) is 6.63. The smallest absolute Gasteiger partial charge is 0.257 e. The highest BCUT2D eigenvalue weighted by molar-refractivity contribution is 6.09. The predicted molar refractivity (Wildman–Crippen MR) is 147 cm³/mol. The third kappa shape index (κ3) is 5.90. The molecule has 0 radical (unpaired) electrons. The van der Waals surface area contributed by atoms with E-state index >= 15 is 0 Å². The van der Waals surface area contributed by atoms with E-state index in [9.17, 15) is 14.7 Å². The van der Waals surface area contributed by atoms with Crippen LogP contribution in [0.4, 0.5) is 22.7 Å². The van der Waals surface area contributed by atoms with Crippen molar-refractivity contribution in [3.63, 3.8) is 0 Å². The van der Waals surface area contributed by atoms with E-state index in [0.717, 1.165) is 43.0 Å². The summed E-state index contributed by atoms with van der Waals surface area (Å²) in [4.78, 5) is 27.6.